The Morgan fingerprint density at radius 3 is 3.00 bits per heavy atom. The van der Waals surface area contributed by atoms with E-state index < -0.39 is 0 Å². The third-order valence-electron chi connectivity index (χ3n) is 2.76. The van der Waals surface area contributed by atoms with E-state index in [-0.39, 0.29) is 5.97 Å². The molecule has 1 saturated carbocycles. The Morgan fingerprint density at radius 2 is 2.35 bits per heavy atom. The molecule has 0 N–H and O–H groups in total. The standard InChI is InChI=1S/C11H17N3O3/c1-14(6-5-10(15)16-2)7-9-12-11(13-17-9)8-3-4-8/h8H,3-7H2,1-2H3. The number of esters is 1. The quantitative estimate of drug-likeness (QED) is 0.688. The van der Waals surface area contributed by atoms with E-state index in [1.165, 1.54) is 7.11 Å². The highest BCUT2D eigenvalue weighted by Gasteiger charge is 2.28. The zero-order valence-electron chi connectivity index (χ0n) is 10.2. The molecule has 0 atom stereocenters. The molecule has 0 radical (unpaired) electrons. The van der Waals surface area contributed by atoms with Gasteiger partial charge in [-0.2, -0.15) is 4.98 Å². The Hall–Kier alpha value is -1.43. The number of carbonyl (C=O) groups is 1. The fraction of sp³-hybridized carbons (Fsp3) is 0.727. The molecule has 1 heterocycles. The summed E-state index contributed by atoms with van der Waals surface area (Å²) in [7, 11) is 3.30. The number of rotatable bonds is 6. The molecule has 1 fully saturated rings. The van der Waals surface area contributed by atoms with Gasteiger partial charge in [-0.25, -0.2) is 0 Å². The van der Waals surface area contributed by atoms with Gasteiger partial charge >= 0.3 is 5.97 Å². The third-order valence-corrected chi connectivity index (χ3v) is 2.76. The maximum Gasteiger partial charge on any atom is 0.306 e. The average Bonchev–Trinajstić information content (AvgIpc) is 3.08. The molecule has 6 heteroatoms. The number of carbonyl (C=O) groups excluding carboxylic acids is 1. The number of methoxy groups -OCH3 is 1. The van der Waals surface area contributed by atoms with Gasteiger partial charge < -0.3 is 9.26 Å². The smallest absolute Gasteiger partial charge is 0.306 e. The maximum atomic E-state index is 11.0. The lowest BCUT2D eigenvalue weighted by atomic mass is 10.4. The average molecular weight is 239 g/mol. The van der Waals surface area contributed by atoms with E-state index in [2.05, 4.69) is 14.9 Å². The normalized spacial score (nSPS) is 15.2. The van der Waals surface area contributed by atoms with Gasteiger partial charge in [0.05, 0.1) is 20.1 Å². The van der Waals surface area contributed by atoms with E-state index in [0.717, 1.165) is 18.7 Å². The molecule has 0 saturated heterocycles. The van der Waals surface area contributed by atoms with E-state index in [1.807, 2.05) is 11.9 Å². The van der Waals surface area contributed by atoms with Crippen molar-refractivity contribution in [3.8, 4) is 0 Å². The zero-order chi connectivity index (χ0) is 12.3. The third kappa shape index (κ3) is 3.52. The van der Waals surface area contributed by atoms with Crippen LogP contribution >= 0.6 is 0 Å². The Balaban J connectivity index is 1.76. The molecular formula is C11H17N3O3. The predicted octanol–water partition coefficient (Wildman–Crippen LogP) is 0.942. The molecule has 94 valence electrons. The zero-order valence-corrected chi connectivity index (χ0v) is 10.2. The van der Waals surface area contributed by atoms with Crippen molar-refractivity contribution in [3.63, 3.8) is 0 Å². The van der Waals surface area contributed by atoms with Gasteiger partial charge in [-0.1, -0.05) is 5.16 Å². The molecular weight excluding hydrogens is 222 g/mol. The predicted molar refractivity (Wildman–Crippen MR) is 59.2 cm³/mol. The van der Waals surface area contributed by atoms with Crippen LogP contribution in [0, 0.1) is 0 Å². The van der Waals surface area contributed by atoms with Crippen LogP contribution in [0.15, 0.2) is 4.52 Å². The van der Waals surface area contributed by atoms with Gasteiger partial charge in [-0.05, 0) is 19.9 Å². The van der Waals surface area contributed by atoms with Crippen molar-refractivity contribution in [1.82, 2.24) is 15.0 Å². The van der Waals surface area contributed by atoms with Crippen molar-refractivity contribution in [2.24, 2.45) is 0 Å². The van der Waals surface area contributed by atoms with E-state index >= 15 is 0 Å². The molecule has 0 bridgehead atoms. The second-order valence-corrected chi connectivity index (χ2v) is 4.38. The Bertz CT molecular complexity index is 387. The summed E-state index contributed by atoms with van der Waals surface area (Å²) in [6.45, 7) is 1.19. The second-order valence-electron chi connectivity index (χ2n) is 4.38. The molecule has 1 aliphatic carbocycles. The largest absolute Gasteiger partial charge is 0.469 e. The van der Waals surface area contributed by atoms with Gasteiger partial charge in [0.2, 0.25) is 5.89 Å². The lowest BCUT2D eigenvalue weighted by Gasteiger charge is -2.12. The van der Waals surface area contributed by atoms with Crippen LogP contribution in [0.3, 0.4) is 0 Å². The molecule has 1 aromatic heterocycles. The SMILES string of the molecule is COC(=O)CCN(C)Cc1nc(C2CC2)no1. The molecule has 0 unspecified atom stereocenters. The maximum absolute atomic E-state index is 11.0. The highest BCUT2D eigenvalue weighted by atomic mass is 16.5. The highest BCUT2D eigenvalue weighted by molar-refractivity contribution is 5.69. The summed E-state index contributed by atoms with van der Waals surface area (Å²) in [6.07, 6.45) is 2.70. The monoisotopic (exact) mass is 239 g/mol. The van der Waals surface area contributed by atoms with Gasteiger partial charge in [-0.15, -0.1) is 0 Å². The van der Waals surface area contributed by atoms with Gasteiger partial charge in [0.25, 0.3) is 0 Å². The Morgan fingerprint density at radius 1 is 1.59 bits per heavy atom. The lowest BCUT2D eigenvalue weighted by Crippen LogP contribution is -2.22. The van der Waals surface area contributed by atoms with Crippen molar-refractivity contribution in [3.05, 3.63) is 11.7 Å². The molecule has 0 aromatic carbocycles. The van der Waals surface area contributed by atoms with Crippen molar-refractivity contribution >= 4 is 5.97 Å². The van der Waals surface area contributed by atoms with Crippen LogP contribution in [0.5, 0.6) is 0 Å². The fourth-order valence-corrected chi connectivity index (χ4v) is 1.53. The van der Waals surface area contributed by atoms with E-state index in [4.69, 9.17) is 4.52 Å². The highest BCUT2D eigenvalue weighted by Crippen LogP contribution is 2.38. The van der Waals surface area contributed by atoms with Crippen molar-refractivity contribution in [2.45, 2.75) is 31.7 Å². The van der Waals surface area contributed by atoms with Gasteiger partial charge in [0.15, 0.2) is 5.82 Å². The summed E-state index contributed by atoms with van der Waals surface area (Å²) in [4.78, 5) is 17.3. The molecule has 2 rings (SSSR count). The minimum absolute atomic E-state index is 0.207. The minimum atomic E-state index is -0.207. The van der Waals surface area contributed by atoms with E-state index in [9.17, 15) is 4.79 Å². The Kier molecular flexibility index (Phi) is 3.73. The minimum Gasteiger partial charge on any atom is -0.469 e. The van der Waals surface area contributed by atoms with E-state index in [1.54, 1.807) is 0 Å². The van der Waals surface area contributed by atoms with Crippen LogP contribution in [-0.4, -0.2) is 41.7 Å². The van der Waals surface area contributed by atoms with Crippen LogP contribution in [0.2, 0.25) is 0 Å². The second kappa shape index (κ2) is 5.27. The summed E-state index contributed by atoms with van der Waals surface area (Å²) >= 11 is 0. The number of ether oxygens (including phenoxy) is 1. The Labute approximate surface area is 99.9 Å². The molecule has 0 amide bonds. The molecule has 0 spiro atoms. The van der Waals surface area contributed by atoms with Crippen LogP contribution in [-0.2, 0) is 16.1 Å². The summed E-state index contributed by atoms with van der Waals surface area (Å²) in [5, 5.41) is 3.94. The first-order valence-corrected chi connectivity index (χ1v) is 5.77. The molecule has 0 aliphatic heterocycles. The summed E-state index contributed by atoms with van der Waals surface area (Å²) in [6, 6.07) is 0. The molecule has 6 nitrogen and oxygen atoms in total. The van der Waals surface area contributed by atoms with Crippen molar-refractivity contribution in [1.29, 1.82) is 0 Å². The van der Waals surface area contributed by atoms with Crippen molar-refractivity contribution in [2.75, 3.05) is 20.7 Å². The molecule has 1 aliphatic rings. The summed E-state index contributed by atoms with van der Waals surface area (Å²) in [5.74, 6) is 1.73. The van der Waals surface area contributed by atoms with Gasteiger partial charge in [-0.3, -0.25) is 9.69 Å². The number of hydrogen-bond donors (Lipinski definition) is 0. The first-order valence-electron chi connectivity index (χ1n) is 5.77. The van der Waals surface area contributed by atoms with Gasteiger partial charge in [0.1, 0.15) is 0 Å². The van der Waals surface area contributed by atoms with Crippen LogP contribution < -0.4 is 0 Å². The first kappa shape index (κ1) is 12.0. The van der Waals surface area contributed by atoms with E-state index in [0.29, 0.717) is 31.3 Å². The van der Waals surface area contributed by atoms with Crippen LogP contribution in [0.25, 0.3) is 0 Å². The number of nitrogens with zero attached hydrogens (tertiary/aromatic N) is 3. The fourth-order valence-electron chi connectivity index (χ4n) is 1.53. The topological polar surface area (TPSA) is 68.5 Å². The van der Waals surface area contributed by atoms with Crippen LogP contribution in [0.4, 0.5) is 0 Å². The summed E-state index contributed by atoms with van der Waals surface area (Å²) in [5.41, 5.74) is 0. The molecule has 17 heavy (non-hydrogen) atoms. The number of aromatic nitrogens is 2. The first-order chi connectivity index (χ1) is 8.19. The number of hydrogen-bond acceptors (Lipinski definition) is 6. The summed E-state index contributed by atoms with van der Waals surface area (Å²) < 4.78 is 9.73. The van der Waals surface area contributed by atoms with Gasteiger partial charge in [0, 0.05) is 12.5 Å². The lowest BCUT2D eigenvalue weighted by molar-refractivity contribution is -0.140. The van der Waals surface area contributed by atoms with Crippen LogP contribution in [0.1, 0.15) is 36.9 Å². The molecule has 1 aromatic rings. The van der Waals surface area contributed by atoms with Crippen molar-refractivity contribution < 1.29 is 14.1 Å².